The number of imidazole rings is 1. The minimum Gasteiger partial charge on any atom is -0.386 e. The molecule has 0 unspecified atom stereocenters. The van der Waals surface area contributed by atoms with Crippen molar-refractivity contribution in [3.05, 3.63) is 55.9 Å². The Morgan fingerprint density at radius 1 is 1.37 bits per heavy atom. The first-order chi connectivity index (χ1) is 9.02. The summed E-state index contributed by atoms with van der Waals surface area (Å²) in [5.74, 6) is -0.144. The molecule has 2 rings (SSSR count). The lowest BCUT2D eigenvalue weighted by atomic mass is 10.2. The number of hydrogen-bond donors (Lipinski definition) is 1. The van der Waals surface area contributed by atoms with Gasteiger partial charge in [-0.05, 0) is 22.0 Å². The van der Waals surface area contributed by atoms with Crippen molar-refractivity contribution in [1.82, 2.24) is 9.55 Å². The second-order valence-corrected chi connectivity index (χ2v) is 4.57. The van der Waals surface area contributed by atoms with Crippen LogP contribution in [0.3, 0.4) is 0 Å². The molecule has 0 spiro atoms. The first kappa shape index (κ1) is 13.8. The third-order valence-corrected chi connectivity index (χ3v) is 3.27. The summed E-state index contributed by atoms with van der Waals surface area (Å²) in [6.45, 7) is -0.203. The van der Waals surface area contributed by atoms with Crippen LogP contribution in [-0.4, -0.2) is 19.6 Å². The van der Waals surface area contributed by atoms with Crippen molar-refractivity contribution in [2.75, 3.05) is 0 Å². The van der Waals surface area contributed by atoms with E-state index in [2.05, 4.69) is 4.98 Å². The van der Waals surface area contributed by atoms with Gasteiger partial charge in [0.2, 0.25) is 5.82 Å². The monoisotopic (exact) mass is 301 g/mol. The number of aromatic nitrogens is 2. The van der Waals surface area contributed by atoms with Crippen molar-refractivity contribution in [1.29, 1.82) is 0 Å². The zero-order valence-electron chi connectivity index (χ0n) is 9.58. The number of nitrogens with zero attached hydrogens (tertiary/aromatic N) is 3. The number of rotatable bonds is 4. The van der Waals surface area contributed by atoms with E-state index >= 15 is 0 Å². The van der Waals surface area contributed by atoms with Crippen LogP contribution in [0.4, 0.5) is 5.82 Å². The number of hydrogen-bond acceptors (Lipinski definition) is 4. The van der Waals surface area contributed by atoms with Gasteiger partial charge in [0, 0.05) is 15.6 Å². The lowest BCUT2D eigenvalue weighted by Gasteiger charge is -2.07. The van der Waals surface area contributed by atoms with E-state index in [1.165, 1.54) is 10.8 Å². The van der Waals surface area contributed by atoms with Crippen LogP contribution in [-0.2, 0) is 13.2 Å². The number of halogens is 2. The molecule has 1 aromatic carbocycles. The minimum atomic E-state index is -0.621. The summed E-state index contributed by atoms with van der Waals surface area (Å²) < 4.78 is 1.45. The van der Waals surface area contributed by atoms with Crippen LogP contribution < -0.4 is 0 Å². The first-order valence-corrected chi connectivity index (χ1v) is 6.02. The Balaban J connectivity index is 2.40. The fraction of sp³-hybridized carbons (Fsp3) is 0.182. The summed E-state index contributed by atoms with van der Waals surface area (Å²) in [6, 6.07) is 5.05. The molecule has 0 aliphatic carbocycles. The average molecular weight is 302 g/mol. The molecule has 0 radical (unpaired) electrons. The Morgan fingerprint density at radius 2 is 2.00 bits per heavy atom. The molecular formula is C11H9Cl2N3O3. The third kappa shape index (κ3) is 2.86. The molecule has 100 valence electrons. The highest BCUT2D eigenvalue weighted by Crippen LogP contribution is 2.26. The zero-order chi connectivity index (χ0) is 14.0. The molecule has 1 N–H and O–H groups in total. The Hall–Kier alpha value is -1.63. The van der Waals surface area contributed by atoms with Gasteiger partial charge in [0.15, 0.2) is 0 Å². The summed E-state index contributed by atoms with van der Waals surface area (Å²) in [6.07, 6.45) is 1.24. The van der Waals surface area contributed by atoms with Crippen LogP contribution in [0.15, 0.2) is 24.4 Å². The molecular weight excluding hydrogens is 293 g/mol. The van der Waals surface area contributed by atoms with Crippen LogP contribution in [0.25, 0.3) is 0 Å². The van der Waals surface area contributed by atoms with Gasteiger partial charge in [-0.3, -0.25) is 0 Å². The Labute approximate surface area is 118 Å². The molecule has 0 atom stereocenters. The summed E-state index contributed by atoms with van der Waals surface area (Å²) in [7, 11) is 0. The summed E-state index contributed by atoms with van der Waals surface area (Å²) >= 11 is 12.1. The highest BCUT2D eigenvalue weighted by molar-refractivity contribution is 6.35. The van der Waals surface area contributed by atoms with Gasteiger partial charge in [-0.1, -0.05) is 29.3 Å². The normalized spacial score (nSPS) is 10.7. The molecule has 0 fully saturated rings. The third-order valence-electron chi connectivity index (χ3n) is 2.57. The Kier molecular flexibility index (Phi) is 4.04. The van der Waals surface area contributed by atoms with Crippen LogP contribution >= 0.6 is 23.2 Å². The zero-order valence-corrected chi connectivity index (χ0v) is 11.1. The predicted molar refractivity (Wildman–Crippen MR) is 70.4 cm³/mol. The van der Waals surface area contributed by atoms with E-state index in [4.69, 9.17) is 28.3 Å². The van der Waals surface area contributed by atoms with Crippen LogP contribution in [0.2, 0.25) is 10.0 Å². The fourth-order valence-electron chi connectivity index (χ4n) is 1.64. The number of aliphatic hydroxyl groups excluding tert-OH is 1. The molecule has 19 heavy (non-hydrogen) atoms. The number of nitro groups is 1. The molecule has 6 nitrogen and oxygen atoms in total. The van der Waals surface area contributed by atoms with Crippen molar-refractivity contribution in [3.63, 3.8) is 0 Å². The standard InChI is InChI=1S/C11H9Cl2N3O3/c12-8-2-1-3-9(13)7(8)4-15-5-10(16(18)19)14-11(15)6-17/h1-3,5,17H,4,6H2. The predicted octanol–water partition coefficient (Wildman–Crippen LogP) is 2.64. The molecule has 0 aliphatic heterocycles. The highest BCUT2D eigenvalue weighted by Gasteiger charge is 2.19. The fourth-order valence-corrected chi connectivity index (χ4v) is 2.16. The van der Waals surface area contributed by atoms with E-state index in [1.807, 2.05) is 0 Å². The minimum absolute atomic E-state index is 0.183. The van der Waals surface area contributed by atoms with Crippen molar-refractivity contribution in [3.8, 4) is 0 Å². The smallest absolute Gasteiger partial charge is 0.381 e. The lowest BCUT2D eigenvalue weighted by Crippen LogP contribution is -2.05. The Morgan fingerprint density at radius 3 is 2.53 bits per heavy atom. The van der Waals surface area contributed by atoms with E-state index in [1.54, 1.807) is 18.2 Å². The molecule has 2 aromatic rings. The van der Waals surface area contributed by atoms with E-state index in [0.717, 1.165) is 0 Å². The average Bonchev–Trinajstić information content (AvgIpc) is 2.77. The number of benzene rings is 1. The molecule has 8 heteroatoms. The van der Waals surface area contributed by atoms with E-state index in [0.29, 0.717) is 15.6 Å². The van der Waals surface area contributed by atoms with E-state index in [-0.39, 0.29) is 18.2 Å². The van der Waals surface area contributed by atoms with Gasteiger partial charge in [-0.25, -0.2) is 0 Å². The highest BCUT2D eigenvalue weighted by atomic mass is 35.5. The maximum Gasteiger partial charge on any atom is 0.381 e. The van der Waals surface area contributed by atoms with Crippen molar-refractivity contribution in [2.45, 2.75) is 13.2 Å². The molecule has 0 saturated heterocycles. The van der Waals surface area contributed by atoms with Gasteiger partial charge in [0.25, 0.3) is 0 Å². The van der Waals surface area contributed by atoms with Gasteiger partial charge in [0.05, 0.1) is 6.54 Å². The molecule has 0 aliphatic rings. The molecule has 1 heterocycles. The van der Waals surface area contributed by atoms with Crippen LogP contribution in [0.5, 0.6) is 0 Å². The molecule has 0 saturated carbocycles. The lowest BCUT2D eigenvalue weighted by molar-refractivity contribution is -0.389. The van der Waals surface area contributed by atoms with Gasteiger partial charge in [-0.15, -0.1) is 0 Å². The molecule has 1 aromatic heterocycles. The maximum absolute atomic E-state index is 10.7. The van der Waals surface area contributed by atoms with Crippen LogP contribution in [0.1, 0.15) is 11.4 Å². The summed E-state index contributed by atoms with van der Waals surface area (Å²) in [5, 5.41) is 20.7. The first-order valence-electron chi connectivity index (χ1n) is 5.27. The molecule has 0 bridgehead atoms. The van der Waals surface area contributed by atoms with Crippen molar-refractivity contribution < 1.29 is 10.0 Å². The maximum atomic E-state index is 10.7. The summed E-state index contributed by atoms with van der Waals surface area (Å²) in [5.41, 5.74) is 0.618. The Bertz CT molecular complexity index is 607. The number of aliphatic hydroxyl groups is 1. The van der Waals surface area contributed by atoms with Crippen LogP contribution in [0, 0.1) is 10.1 Å². The van der Waals surface area contributed by atoms with E-state index < -0.39 is 11.5 Å². The molecule has 0 amide bonds. The van der Waals surface area contributed by atoms with Gasteiger partial charge in [0.1, 0.15) is 12.8 Å². The second-order valence-electron chi connectivity index (χ2n) is 3.76. The summed E-state index contributed by atoms with van der Waals surface area (Å²) in [4.78, 5) is 13.8. The largest absolute Gasteiger partial charge is 0.386 e. The van der Waals surface area contributed by atoms with Crippen molar-refractivity contribution >= 4 is 29.0 Å². The topological polar surface area (TPSA) is 81.2 Å². The SMILES string of the molecule is O=[N+]([O-])c1cn(Cc2c(Cl)cccc2Cl)c(CO)n1. The quantitative estimate of drug-likeness (QED) is 0.695. The second kappa shape index (κ2) is 5.56. The van der Waals surface area contributed by atoms with Gasteiger partial charge in [-0.2, -0.15) is 0 Å². The van der Waals surface area contributed by atoms with Crippen molar-refractivity contribution in [2.24, 2.45) is 0 Å². The van der Waals surface area contributed by atoms with Gasteiger partial charge >= 0.3 is 5.82 Å². The van der Waals surface area contributed by atoms with E-state index in [9.17, 15) is 10.1 Å². The van der Waals surface area contributed by atoms with Gasteiger partial charge < -0.3 is 19.8 Å².